The standard InChI is InChI=1S/C18H22N4/c1-14-7-5-6-10-16(14)17-13-20-22-18(21-17)19-12-11-15-8-3-2-4-9-15/h5-8,10,13H,2-4,9,11-12H2,1H3,(H,19,21,22). The van der Waals surface area contributed by atoms with Crippen LogP contribution in [0.4, 0.5) is 5.95 Å². The lowest BCUT2D eigenvalue weighted by Gasteiger charge is -2.13. The van der Waals surface area contributed by atoms with Gasteiger partial charge in [-0.3, -0.25) is 0 Å². The Morgan fingerprint density at radius 2 is 2.09 bits per heavy atom. The zero-order chi connectivity index (χ0) is 15.2. The summed E-state index contributed by atoms with van der Waals surface area (Å²) in [5, 5.41) is 11.5. The molecule has 0 saturated carbocycles. The number of aromatic nitrogens is 3. The first-order valence-corrected chi connectivity index (χ1v) is 8.00. The molecule has 4 heteroatoms. The lowest BCUT2D eigenvalue weighted by molar-refractivity contribution is 0.679. The van der Waals surface area contributed by atoms with E-state index in [1.54, 1.807) is 11.8 Å². The van der Waals surface area contributed by atoms with Gasteiger partial charge in [-0.05, 0) is 44.6 Å². The average Bonchev–Trinajstić information content (AvgIpc) is 2.57. The predicted molar refractivity (Wildman–Crippen MR) is 89.7 cm³/mol. The molecule has 0 aliphatic heterocycles. The van der Waals surface area contributed by atoms with Gasteiger partial charge < -0.3 is 5.32 Å². The summed E-state index contributed by atoms with van der Waals surface area (Å²) >= 11 is 0. The Bertz CT molecular complexity index is 664. The zero-order valence-electron chi connectivity index (χ0n) is 13.0. The van der Waals surface area contributed by atoms with Crippen LogP contribution in [0.1, 0.15) is 37.7 Å². The summed E-state index contributed by atoms with van der Waals surface area (Å²) in [5.41, 5.74) is 4.73. The number of aryl methyl sites for hydroxylation is 1. The van der Waals surface area contributed by atoms with Crippen LogP contribution >= 0.6 is 0 Å². The van der Waals surface area contributed by atoms with Crippen LogP contribution in [0.2, 0.25) is 0 Å². The minimum Gasteiger partial charge on any atom is -0.353 e. The summed E-state index contributed by atoms with van der Waals surface area (Å²) < 4.78 is 0. The molecule has 1 aromatic heterocycles. The molecule has 0 bridgehead atoms. The Morgan fingerprint density at radius 3 is 2.91 bits per heavy atom. The monoisotopic (exact) mass is 294 g/mol. The maximum atomic E-state index is 4.58. The van der Waals surface area contributed by atoms with E-state index in [9.17, 15) is 0 Å². The molecule has 4 nitrogen and oxygen atoms in total. The second-order valence-corrected chi connectivity index (χ2v) is 5.77. The fourth-order valence-corrected chi connectivity index (χ4v) is 2.84. The van der Waals surface area contributed by atoms with Crippen molar-refractivity contribution in [2.24, 2.45) is 0 Å². The molecular formula is C18H22N4. The third-order valence-corrected chi connectivity index (χ3v) is 4.09. The van der Waals surface area contributed by atoms with Gasteiger partial charge in [-0.2, -0.15) is 5.10 Å². The van der Waals surface area contributed by atoms with Gasteiger partial charge in [0.25, 0.3) is 0 Å². The van der Waals surface area contributed by atoms with E-state index in [1.165, 1.54) is 31.2 Å². The molecule has 0 fully saturated rings. The van der Waals surface area contributed by atoms with Crippen molar-refractivity contribution in [2.45, 2.75) is 39.0 Å². The van der Waals surface area contributed by atoms with Crippen molar-refractivity contribution in [1.29, 1.82) is 0 Å². The Hall–Kier alpha value is -2.23. The SMILES string of the molecule is Cc1ccccc1-c1cnnc(NCCC2=CCCCC2)n1. The van der Waals surface area contributed by atoms with Crippen LogP contribution in [0.3, 0.4) is 0 Å². The molecule has 0 radical (unpaired) electrons. The van der Waals surface area contributed by atoms with Crippen LogP contribution < -0.4 is 5.32 Å². The molecule has 3 rings (SSSR count). The Labute approximate surface area is 131 Å². The van der Waals surface area contributed by atoms with Crippen molar-refractivity contribution in [2.75, 3.05) is 11.9 Å². The van der Waals surface area contributed by atoms with Gasteiger partial charge in [0.05, 0.1) is 11.9 Å². The Morgan fingerprint density at radius 1 is 1.18 bits per heavy atom. The third-order valence-electron chi connectivity index (χ3n) is 4.09. The number of hydrogen-bond acceptors (Lipinski definition) is 4. The van der Waals surface area contributed by atoms with Crippen molar-refractivity contribution < 1.29 is 0 Å². The minimum absolute atomic E-state index is 0.608. The van der Waals surface area contributed by atoms with Crippen molar-refractivity contribution in [3.05, 3.63) is 47.7 Å². The van der Waals surface area contributed by atoms with Crippen LogP contribution in [0.15, 0.2) is 42.1 Å². The van der Waals surface area contributed by atoms with Gasteiger partial charge in [0, 0.05) is 12.1 Å². The number of allylic oxidation sites excluding steroid dienone is 1. The van der Waals surface area contributed by atoms with Crippen LogP contribution in [-0.2, 0) is 0 Å². The molecule has 22 heavy (non-hydrogen) atoms. The number of nitrogens with one attached hydrogen (secondary N) is 1. The summed E-state index contributed by atoms with van der Waals surface area (Å²) in [5.74, 6) is 0.608. The van der Waals surface area contributed by atoms with Gasteiger partial charge in [-0.15, -0.1) is 5.10 Å². The lowest BCUT2D eigenvalue weighted by Crippen LogP contribution is -2.08. The largest absolute Gasteiger partial charge is 0.353 e. The van der Waals surface area contributed by atoms with Gasteiger partial charge in [0.1, 0.15) is 0 Å². The number of anilines is 1. The second kappa shape index (κ2) is 7.16. The number of hydrogen-bond donors (Lipinski definition) is 1. The highest BCUT2D eigenvalue weighted by molar-refractivity contribution is 5.63. The van der Waals surface area contributed by atoms with E-state index < -0.39 is 0 Å². The third kappa shape index (κ3) is 3.70. The smallest absolute Gasteiger partial charge is 0.243 e. The molecule has 1 aromatic carbocycles. The molecule has 2 aromatic rings. The molecule has 0 amide bonds. The first-order chi connectivity index (χ1) is 10.8. The number of rotatable bonds is 5. The number of nitrogens with zero attached hydrogens (tertiary/aromatic N) is 3. The Balaban J connectivity index is 1.64. The van der Waals surface area contributed by atoms with E-state index in [2.05, 4.69) is 45.6 Å². The maximum Gasteiger partial charge on any atom is 0.243 e. The van der Waals surface area contributed by atoms with E-state index in [1.807, 2.05) is 12.1 Å². The molecule has 0 atom stereocenters. The fraction of sp³-hybridized carbons (Fsp3) is 0.389. The average molecular weight is 294 g/mol. The van der Waals surface area contributed by atoms with E-state index >= 15 is 0 Å². The molecule has 114 valence electrons. The predicted octanol–water partition coefficient (Wildman–Crippen LogP) is 4.15. The number of benzene rings is 1. The van der Waals surface area contributed by atoms with Crippen molar-refractivity contribution in [3.8, 4) is 11.3 Å². The second-order valence-electron chi connectivity index (χ2n) is 5.77. The highest BCUT2D eigenvalue weighted by atomic mass is 15.2. The molecule has 1 N–H and O–H groups in total. The van der Waals surface area contributed by atoms with Crippen molar-refractivity contribution in [3.63, 3.8) is 0 Å². The molecule has 1 aliphatic carbocycles. The highest BCUT2D eigenvalue weighted by Gasteiger charge is 2.07. The first kappa shape index (κ1) is 14.7. The quantitative estimate of drug-likeness (QED) is 0.842. The van der Waals surface area contributed by atoms with Crippen LogP contribution in [0.5, 0.6) is 0 Å². The molecule has 1 aliphatic rings. The minimum atomic E-state index is 0.608. The summed E-state index contributed by atoms with van der Waals surface area (Å²) in [7, 11) is 0. The van der Waals surface area contributed by atoms with E-state index in [4.69, 9.17) is 0 Å². The molecular weight excluding hydrogens is 272 g/mol. The molecule has 0 unspecified atom stereocenters. The summed E-state index contributed by atoms with van der Waals surface area (Å²) in [4.78, 5) is 4.58. The Kier molecular flexibility index (Phi) is 4.78. The first-order valence-electron chi connectivity index (χ1n) is 8.00. The summed E-state index contributed by atoms with van der Waals surface area (Å²) in [6.07, 6.45) is 10.3. The van der Waals surface area contributed by atoms with E-state index in [0.29, 0.717) is 5.95 Å². The van der Waals surface area contributed by atoms with E-state index in [-0.39, 0.29) is 0 Å². The lowest BCUT2D eigenvalue weighted by atomic mass is 9.97. The normalized spacial score (nSPS) is 14.5. The maximum absolute atomic E-state index is 4.58. The van der Waals surface area contributed by atoms with E-state index in [0.717, 1.165) is 24.2 Å². The molecule has 0 spiro atoms. The van der Waals surface area contributed by atoms with Crippen molar-refractivity contribution in [1.82, 2.24) is 15.2 Å². The highest BCUT2D eigenvalue weighted by Crippen LogP contribution is 2.21. The summed E-state index contributed by atoms with van der Waals surface area (Å²) in [6.45, 7) is 2.95. The zero-order valence-corrected chi connectivity index (χ0v) is 13.0. The van der Waals surface area contributed by atoms with Gasteiger partial charge in [0.15, 0.2) is 0 Å². The van der Waals surface area contributed by atoms with Crippen LogP contribution in [0.25, 0.3) is 11.3 Å². The van der Waals surface area contributed by atoms with Gasteiger partial charge in [0.2, 0.25) is 5.95 Å². The van der Waals surface area contributed by atoms with Gasteiger partial charge in [-0.1, -0.05) is 35.9 Å². The van der Waals surface area contributed by atoms with Gasteiger partial charge >= 0.3 is 0 Å². The molecule has 1 heterocycles. The van der Waals surface area contributed by atoms with Gasteiger partial charge in [-0.25, -0.2) is 4.98 Å². The van der Waals surface area contributed by atoms with Crippen molar-refractivity contribution >= 4 is 5.95 Å². The topological polar surface area (TPSA) is 50.7 Å². The molecule has 0 saturated heterocycles. The fourth-order valence-electron chi connectivity index (χ4n) is 2.84. The summed E-state index contributed by atoms with van der Waals surface area (Å²) in [6, 6.07) is 8.20. The van der Waals surface area contributed by atoms with Crippen LogP contribution in [0, 0.1) is 6.92 Å². The van der Waals surface area contributed by atoms with Crippen LogP contribution in [-0.4, -0.2) is 21.7 Å².